The molecule has 0 aliphatic carbocycles. The Labute approximate surface area is 151 Å². The normalized spacial score (nSPS) is 12.1. The maximum absolute atomic E-state index is 13.1. The highest BCUT2D eigenvalue weighted by Crippen LogP contribution is 2.24. The Morgan fingerprint density at radius 2 is 1.72 bits per heavy atom. The van der Waals surface area contributed by atoms with E-state index in [0.717, 1.165) is 18.4 Å². The SMILES string of the molecule is CCCN(CCC)S(=O)(=O)c1c(C)nn(Cc2cccc(C)c2)c1C. The number of aromatic nitrogens is 2. The minimum atomic E-state index is -3.52. The molecule has 2 rings (SSSR count). The molecule has 0 bridgehead atoms. The molecule has 0 radical (unpaired) electrons. The van der Waals surface area contributed by atoms with Gasteiger partial charge in [0, 0.05) is 13.1 Å². The van der Waals surface area contributed by atoms with E-state index in [1.165, 1.54) is 5.56 Å². The van der Waals surface area contributed by atoms with E-state index in [1.54, 1.807) is 15.9 Å². The molecule has 0 saturated carbocycles. The van der Waals surface area contributed by atoms with Gasteiger partial charge in [0.25, 0.3) is 0 Å². The molecule has 6 heteroatoms. The van der Waals surface area contributed by atoms with Gasteiger partial charge in [-0.2, -0.15) is 9.40 Å². The third kappa shape index (κ3) is 4.30. The van der Waals surface area contributed by atoms with E-state index in [1.807, 2.05) is 45.9 Å². The fraction of sp³-hybridized carbons (Fsp3) is 0.526. The maximum atomic E-state index is 13.1. The summed E-state index contributed by atoms with van der Waals surface area (Å²) >= 11 is 0. The van der Waals surface area contributed by atoms with Crippen LogP contribution in [0.2, 0.25) is 0 Å². The van der Waals surface area contributed by atoms with Gasteiger partial charge >= 0.3 is 0 Å². The van der Waals surface area contributed by atoms with Gasteiger partial charge in [0.1, 0.15) is 4.90 Å². The minimum absolute atomic E-state index is 0.363. The molecular weight excluding hydrogens is 334 g/mol. The first kappa shape index (κ1) is 19.7. The monoisotopic (exact) mass is 363 g/mol. The quantitative estimate of drug-likeness (QED) is 0.719. The van der Waals surface area contributed by atoms with Crippen molar-refractivity contribution < 1.29 is 8.42 Å². The van der Waals surface area contributed by atoms with Crippen LogP contribution in [0, 0.1) is 20.8 Å². The molecule has 138 valence electrons. The summed E-state index contributed by atoms with van der Waals surface area (Å²) in [6, 6.07) is 8.20. The summed E-state index contributed by atoms with van der Waals surface area (Å²) in [5.41, 5.74) is 3.58. The molecule has 1 aromatic carbocycles. The molecular formula is C19H29N3O2S. The molecule has 0 N–H and O–H groups in total. The predicted octanol–water partition coefficient (Wildman–Crippen LogP) is 3.67. The van der Waals surface area contributed by atoms with Crippen molar-refractivity contribution in [2.24, 2.45) is 0 Å². The summed E-state index contributed by atoms with van der Waals surface area (Å²) in [5, 5.41) is 4.51. The summed E-state index contributed by atoms with van der Waals surface area (Å²) < 4.78 is 29.7. The summed E-state index contributed by atoms with van der Waals surface area (Å²) in [5.74, 6) is 0. The number of aryl methyl sites for hydroxylation is 2. The summed E-state index contributed by atoms with van der Waals surface area (Å²) in [4.78, 5) is 0.363. The third-order valence-corrected chi connectivity index (χ3v) is 6.43. The van der Waals surface area contributed by atoms with Crippen LogP contribution in [0.3, 0.4) is 0 Å². The molecule has 0 spiro atoms. The Hall–Kier alpha value is -1.66. The Morgan fingerprint density at radius 3 is 2.28 bits per heavy atom. The van der Waals surface area contributed by atoms with E-state index in [4.69, 9.17) is 0 Å². The average molecular weight is 364 g/mol. The van der Waals surface area contributed by atoms with Gasteiger partial charge in [-0.25, -0.2) is 8.42 Å². The second-order valence-corrected chi connectivity index (χ2v) is 8.43. The Kier molecular flexibility index (Phi) is 6.41. The van der Waals surface area contributed by atoms with Crippen molar-refractivity contribution in [3.63, 3.8) is 0 Å². The molecule has 0 fully saturated rings. The topological polar surface area (TPSA) is 55.2 Å². The number of sulfonamides is 1. The first-order chi connectivity index (χ1) is 11.8. The van der Waals surface area contributed by atoms with Crippen LogP contribution in [0.1, 0.15) is 49.2 Å². The highest BCUT2D eigenvalue weighted by atomic mass is 32.2. The van der Waals surface area contributed by atoms with Crippen molar-refractivity contribution >= 4 is 10.0 Å². The molecule has 0 aliphatic heterocycles. The van der Waals surface area contributed by atoms with Gasteiger partial charge in [-0.1, -0.05) is 43.7 Å². The lowest BCUT2D eigenvalue weighted by atomic mass is 10.1. The molecule has 0 atom stereocenters. The van der Waals surface area contributed by atoms with Crippen molar-refractivity contribution in [3.8, 4) is 0 Å². The standard InChI is InChI=1S/C19H29N3O2S/c1-6-11-21(12-7-2)25(23,24)19-16(4)20-22(17(19)5)14-18-10-8-9-15(3)13-18/h8-10,13H,6-7,11-12,14H2,1-5H3. The van der Waals surface area contributed by atoms with Crippen molar-refractivity contribution in [1.82, 2.24) is 14.1 Å². The molecule has 0 unspecified atom stereocenters. The largest absolute Gasteiger partial charge is 0.264 e. The van der Waals surface area contributed by atoms with Crippen LogP contribution in [0.5, 0.6) is 0 Å². The number of hydrogen-bond acceptors (Lipinski definition) is 3. The smallest absolute Gasteiger partial charge is 0.246 e. The molecule has 0 aliphatic rings. The summed E-state index contributed by atoms with van der Waals surface area (Å²) in [7, 11) is -3.52. The van der Waals surface area contributed by atoms with Crippen LogP contribution in [0.25, 0.3) is 0 Å². The number of rotatable bonds is 8. The highest BCUT2D eigenvalue weighted by Gasteiger charge is 2.30. The second kappa shape index (κ2) is 8.15. The number of hydrogen-bond donors (Lipinski definition) is 0. The van der Waals surface area contributed by atoms with Gasteiger partial charge in [0.15, 0.2) is 0 Å². The predicted molar refractivity (Wildman–Crippen MR) is 101 cm³/mol. The fourth-order valence-corrected chi connectivity index (χ4v) is 5.17. The van der Waals surface area contributed by atoms with Crippen LogP contribution in [0.15, 0.2) is 29.2 Å². The molecule has 25 heavy (non-hydrogen) atoms. The van der Waals surface area contributed by atoms with E-state index >= 15 is 0 Å². The van der Waals surface area contributed by atoms with E-state index in [2.05, 4.69) is 11.2 Å². The van der Waals surface area contributed by atoms with Crippen molar-refractivity contribution in [2.75, 3.05) is 13.1 Å². The zero-order valence-electron chi connectivity index (χ0n) is 15.9. The van der Waals surface area contributed by atoms with Gasteiger partial charge in [-0.15, -0.1) is 0 Å². The Balaban J connectivity index is 2.41. The van der Waals surface area contributed by atoms with Gasteiger partial charge in [-0.3, -0.25) is 4.68 Å². The molecule has 0 saturated heterocycles. The average Bonchev–Trinajstić information content (AvgIpc) is 2.81. The van der Waals surface area contributed by atoms with Gasteiger partial charge in [-0.05, 0) is 39.2 Å². The van der Waals surface area contributed by atoms with E-state index in [0.29, 0.717) is 35.9 Å². The zero-order valence-corrected chi connectivity index (χ0v) is 16.7. The van der Waals surface area contributed by atoms with Crippen molar-refractivity contribution in [3.05, 3.63) is 46.8 Å². The first-order valence-electron chi connectivity index (χ1n) is 8.91. The molecule has 1 aromatic heterocycles. The van der Waals surface area contributed by atoms with Crippen LogP contribution >= 0.6 is 0 Å². The lowest BCUT2D eigenvalue weighted by molar-refractivity contribution is 0.409. The molecule has 2 aromatic rings. The zero-order chi connectivity index (χ0) is 18.6. The number of benzene rings is 1. The molecule has 1 heterocycles. The summed E-state index contributed by atoms with van der Waals surface area (Å²) in [6.07, 6.45) is 1.60. The van der Waals surface area contributed by atoms with Crippen LogP contribution in [0.4, 0.5) is 0 Å². The molecule has 5 nitrogen and oxygen atoms in total. The van der Waals surface area contributed by atoms with Crippen LogP contribution < -0.4 is 0 Å². The fourth-order valence-electron chi connectivity index (χ4n) is 3.17. The van der Waals surface area contributed by atoms with E-state index in [-0.39, 0.29) is 0 Å². The minimum Gasteiger partial charge on any atom is -0.264 e. The van der Waals surface area contributed by atoms with E-state index in [9.17, 15) is 8.42 Å². The van der Waals surface area contributed by atoms with Crippen LogP contribution in [-0.2, 0) is 16.6 Å². The lowest BCUT2D eigenvalue weighted by Gasteiger charge is -2.21. The van der Waals surface area contributed by atoms with Gasteiger partial charge < -0.3 is 0 Å². The number of nitrogens with zero attached hydrogens (tertiary/aromatic N) is 3. The van der Waals surface area contributed by atoms with Crippen molar-refractivity contribution in [2.45, 2.75) is 58.9 Å². The second-order valence-electron chi connectivity index (χ2n) is 6.55. The van der Waals surface area contributed by atoms with Gasteiger partial charge in [0.05, 0.1) is 17.9 Å². The Bertz CT molecular complexity index is 819. The maximum Gasteiger partial charge on any atom is 0.246 e. The highest BCUT2D eigenvalue weighted by molar-refractivity contribution is 7.89. The Morgan fingerprint density at radius 1 is 1.08 bits per heavy atom. The summed E-state index contributed by atoms with van der Waals surface area (Å²) in [6.45, 7) is 11.3. The lowest BCUT2D eigenvalue weighted by Crippen LogP contribution is -2.33. The van der Waals surface area contributed by atoms with Crippen LogP contribution in [-0.4, -0.2) is 35.6 Å². The molecule has 0 amide bonds. The van der Waals surface area contributed by atoms with E-state index < -0.39 is 10.0 Å². The third-order valence-electron chi connectivity index (χ3n) is 4.27. The van der Waals surface area contributed by atoms with Crippen molar-refractivity contribution in [1.29, 1.82) is 0 Å². The van der Waals surface area contributed by atoms with Gasteiger partial charge in [0.2, 0.25) is 10.0 Å². The first-order valence-corrected chi connectivity index (χ1v) is 10.3.